The summed E-state index contributed by atoms with van der Waals surface area (Å²) in [6.07, 6.45) is 7.99. The molecule has 0 aliphatic heterocycles. The van der Waals surface area contributed by atoms with Crippen LogP contribution in [0.3, 0.4) is 0 Å². The van der Waals surface area contributed by atoms with Gasteiger partial charge in [-0.2, -0.15) is 0 Å². The van der Waals surface area contributed by atoms with Gasteiger partial charge in [-0.15, -0.1) is 0 Å². The van der Waals surface area contributed by atoms with Gasteiger partial charge in [0.15, 0.2) is 0 Å². The van der Waals surface area contributed by atoms with Crippen LogP contribution in [0.1, 0.15) is 44.7 Å². The minimum atomic E-state index is 0.276. The zero-order valence-electron chi connectivity index (χ0n) is 17.2. The molecule has 1 heterocycles. The number of hydrogen-bond acceptors (Lipinski definition) is 6. The number of carbonyl (C=O) groups is 1. The fourth-order valence-corrected chi connectivity index (χ4v) is 4.42. The van der Waals surface area contributed by atoms with E-state index in [0.717, 1.165) is 40.9 Å². The lowest BCUT2D eigenvalue weighted by Crippen LogP contribution is -2.24. The van der Waals surface area contributed by atoms with Gasteiger partial charge in [0.05, 0.1) is 30.1 Å². The van der Waals surface area contributed by atoms with Crippen molar-refractivity contribution < 1.29 is 14.3 Å². The van der Waals surface area contributed by atoms with E-state index in [1.807, 2.05) is 18.2 Å². The summed E-state index contributed by atoms with van der Waals surface area (Å²) >= 11 is 3.60. The summed E-state index contributed by atoms with van der Waals surface area (Å²) in [5.74, 6) is 3.09. The maximum absolute atomic E-state index is 11.7. The number of halogens is 1. The number of ether oxygens (including phenoxy) is 2. The maximum atomic E-state index is 11.7. The molecule has 156 valence electrons. The molecular formula is C22H28BrN3O3. The zero-order valence-corrected chi connectivity index (χ0v) is 18.8. The number of ketones is 1. The largest absolute Gasteiger partial charge is 0.497 e. The van der Waals surface area contributed by atoms with Crippen LogP contribution in [0.15, 0.2) is 28.9 Å². The van der Waals surface area contributed by atoms with Crippen LogP contribution in [0.5, 0.6) is 11.5 Å². The van der Waals surface area contributed by atoms with Crippen LogP contribution in [-0.4, -0.2) is 30.0 Å². The van der Waals surface area contributed by atoms with E-state index < -0.39 is 0 Å². The van der Waals surface area contributed by atoms with Crippen LogP contribution < -0.4 is 14.8 Å². The lowest BCUT2D eigenvalue weighted by atomic mass is 9.75. The standard InChI is InChI=1S/C22H28BrN3O3/c1-14(27)10-15-6-4-5-7-16(15)11-20-18(23)13-24-22(26-20)25-19-9-8-17(28-2)12-21(19)29-3/h8-9,12-13,15-16H,4-7,10-11H2,1-3H3,(H,24,25,26)/t15-,16-/m0/s1. The number of methoxy groups -OCH3 is 2. The van der Waals surface area contributed by atoms with Crippen molar-refractivity contribution in [3.8, 4) is 11.5 Å². The van der Waals surface area contributed by atoms with E-state index in [0.29, 0.717) is 30.0 Å². The van der Waals surface area contributed by atoms with Gasteiger partial charge in [-0.3, -0.25) is 0 Å². The van der Waals surface area contributed by atoms with Gasteiger partial charge < -0.3 is 19.6 Å². The van der Waals surface area contributed by atoms with Gasteiger partial charge in [0.25, 0.3) is 0 Å². The van der Waals surface area contributed by atoms with Crippen LogP contribution in [0, 0.1) is 11.8 Å². The van der Waals surface area contributed by atoms with Gasteiger partial charge in [0.1, 0.15) is 17.3 Å². The van der Waals surface area contributed by atoms with E-state index in [4.69, 9.17) is 14.5 Å². The number of hydrogen-bond donors (Lipinski definition) is 1. The van der Waals surface area contributed by atoms with Crippen molar-refractivity contribution in [1.29, 1.82) is 0 Å². The topological polar surface area (TPSA) is 73.3 Å². The van der Waals surface area contributed by atoms with Crippen molar-refractivity contribution in [2.24, 2.45) is 11.8 Å². The Balaban J connectivity index is 1.78. The van der Waals surface area contributed by atoms with Crippen LogP contribution in [-0.2, 0) is 11.2 Å². The number of nitrogens with one attached hydrogen (secondary N) is 1. The summed E-state index contributed by atoms with van der Waals surface area (Å²) in [5, 5.41) is 3.25. The molecule has 0 spiro atoms. The van der Waals surface area contributed by atoms with E-state index in [9.17, 15) is 4.79 Å². The Morgan fingerprint density at radius 3 is 2.66 bits per heavy atom. The number of nitrogens with zero attached hydrogens (tertiary/aromatic N) is 2. The number of Topliss-reactive ketones (excluding diaryl/α,β-unsaturated/α-hetero) is 1. The summed E-state index contributed by atoms with van der Waals surface area (Å²) in [7, 11) is 3.24. The fraction of sp³-hybridized carbons (Fsp3) is 0.500. The van der Waals surface area contributed by atoms with Crippen molar-refractivity contribution in [1.82, 2.24) is 9.97 Å². The second kappa shape index (κ2) is 10.1. The molecule has 1 saturated carbocycles. The molecule has 0 unspecified atom stereocenters. The summed E-state index contributed by atoms with van der Waals surface area (Å²) < 4.78 is 11.6. The number of carbonyl (C=O) groups excluding carboxylic acids is 1. The third-order valence-corrected chi connectivity index (χ3v) is 6.21. The zero-order chi connectivity index (χ0) is 20.8. The molecule has 3 rings (SSSR count). The van der Waals surface area contributed by atoms with Crippen molar-refractivity contribution >= 4 is 33.3 Å². The number of benzene rings is 1. The average Bonchev–Trinajstić information content (AvgIpc) is 2.71. The first-order chi connectivity index (χ1) is 14.0. The van der Waals surface area contributed by atoms with E-state index in [1.54, 1.807) is 27.3 Å². The van der Waals surface area contributed by atoms with Crippen LogP contribution in [0.4, 0.5) is 11.6 Å². The molecular weight excluding hydrogens is 434 g/mol. The van der Waals surface area contributed by atoms with E-state index in [-0.39, 0.29) is 5.78 Å². The molecule has 0 saturated heterocycles. The molecule has 0 amide bonds. The number of anilines is 2. The third-order valence-electron chi connectivity index (χ3n) is 5.54. The number of rotatable bonds is 8. The molecule has 1 N–H and O–H groups in total. The molecule has 1 aliphatic rings. The van der Waals surface area contributed by atoms with Crippen molar-refractivity contribution in [3.05, 3.63) is 34.6 Å². The highest BCUT2D eigenvalue weighted by atomic mass is 79.9. The van der Waals surface area contributed by atoms with Gasteiger partial charge in [0.2, 0.25) is 5.95 Å². The first-order valence-corrected chi connectivity index (χ1v) is 10.8. The van der Waals surface area contributed by atoms with Crippen molar-refractivity contribution in [3.63, 3.8) is 0 Å². The van der Waals surface area contributed by atoms with E-state index in [1.165, 1.54) is 12.8 Å². The molecule has 6 nitrogen and oxygen atoms in total. The van der Waals surface area contributed by atoms with Gasteiger partial charge in [0, 0.05) is 18.7 Å². The summed E-state index contributed by atoms with van der Waals surface area (Å²) in [6.45, 7) is 1.69. The minimum Gasteiger partial charge on any atom is -0.497 e. The maximum Gasteiger partial charge on any atom is 0.227 e. The highest BCUT2D eigenvalue weighted by Crippen LogP contribution is 2.36. The van der Waals surface area contributed by atoms with Crippen LogP contribution >= 0.6 is 15.9 Å². The van der Waals surface area contributed by atoms with Gasteiger partial charge in [-0.05, 0) is 66.1 Å². The molecule has 0 radical (unpaired) electrons. The summed E-state index contributed by atoms with van der Waals surface area (Å²) in [5.41, 5.74) is 1.74. The predicted octanol–water partition coefficient (Wildman–Crippen LogP) is 5.33. The Hall–Kier alpha value is -2.15. The Morgan fingerprint density at radius 1 is 1.21 bits per heavy atom. The second-order valence-electron chi connectivity index (χ2n) is 7.59. The molecule has 0 bridgehead atoms. The molecule has 2 atom stereocenters. The normalized spacial score (nSPS) is 18.9. The summed E-state index contributed by atoms with van der Waals surface area (Å²) in [6, 6.07) is 5.56. The first kappa shape index (κ1) is 21.6. The van der Waals surface area contributed by atoms with Crippen LogP contribution in [0.25, 0.3) is 0 Å². The predicted molar refractivity (Wildman–Crippen MR) is 117 cm³/mol. The highest BCUT2D eigenvalue weighted by Gasteiger charge is 2.27. The Morgan fingerprint density at radius 2 is 1.97 bits per heavy atom. The lowest BCUT2D eigenvalue weighted by Gasteiger charge is -2.31. The minimum absolute atomic E-state index is 0.276. The molecule has 1 aromatic carbocycles. The Bertz CT molecular complexity index is 859. The monoisotopic (exact) mass is 461 g/mol. The Labute approximate surface area is 180 Å². The SMILES string of the molecule is COc1ccc(Nc2ncc(Br)c(C[C@@H]3CCCC[C@H]3CC(C)=O)n2)c(OC)c1. The first-order valence-electron chi connectivity index (χ1n) is 10.00. The summed E-state index contributed by atoms with van der Waals surface area (Å²) in [4.78, 5) is 20.8. The van der Waals surface area contributed by atoms with Gasteiger partial charge in [-0.25, -0.2) is 9.97 Å². The van der Waals surface area contributed by atoms with Crippen molar-refractivity contribution in [2.45, 2.75) is 45.4 Å². The van der Waals surface area contributed by atoms with Gasteiger partial charge >= 0.3 is 0 Å². The smallest absolute Gasteiger partial charge is 0.227 e. The molecule has 1 aromatic heterocycles. The third kappa shape index (κ3) is 5.69. The van der Waals surface area contributed by atoms with E-state index >= 15 is 0 Å². The molecule has 7 heteroatoms. The fourth-order valence-electron chi connectivity index (χ4n) is 4.07. The number of aromatic nitrogens is 2. The second-order valence-corrected chi connectivity index (χ2v) is 8.45. The Kier molecular flexibility index (Phi) is 7.47. The molecule has 2 aromatic rings. The molecule has 29 heavy (non-hydrogen) atoms. The lowest BCUT2D eigenvalue weighted by molar-refractivity contribution is -0.118. The van der Waals surface area contributed by atoms with Crippen LogP contribution in [0.2, 0.25) is 0 Å². The molecule has 1 fully saturated rings. The average molecular weight is 462 g/mol. The van der Waals surface area contributed by atoms with Gasteiger partial charge in [-0.1, -0.05) is 12.8 Å². The molecule has 1 aliphatic carbocycles. The quantitative estimate of drug-likeness (QED) is 0.572. The van der Waals surface area contributed by atoms with E-state index in [2.05, 4.69) is 26.2 Å². The van der Waals surface area contributed by atoms with Crippen molar-refractivity contribution in [2.75, 3.05) is 19.5 Å². The highest BCUT2D eigenvalue weighted by molar-refractivity contribution is 9.10.